The molecule has 0 saturated heterocycles. The number of aliphatic hydroxyl groups excluding tert-OH is 1. The lowest BCUT2D eigenvalue weighted by Crippen LogP contribution is -2.50. The molecule has 1 aliphatic carbocycles. The maximum Gasteiger partial charge on any atom is 0.0652 e. The van der Waals surface area contributed by atoms with Crippen molar-refractivity contribution < 1.29 is 5.11 Å². The summed E-state index contributed by atoms with van der Waals surface area (Å²) >= 11 is 0. The molecular formula is C17H27NO. The molecule has 2 rings (SSSR count). The number of rotatable bonds is 4. The lowest BCUT2D eigenvalue weighted by molar-refractivity contribution is 0.131. The first-order valence-corrected chi connectivity index (χ1v) is 7.47. The molecule has 0 bridgehead atoms. The van der Waals surface area contributed by atoms with Crippen molar-refractivity contribution in [3.63, 3.8) is 0 Å². The van der Waals surface area contributed by atoms with Crippen molar-refractivity contribution >= 4 is 0 Å². The van der Waals surface area contributed by atoms with E-state index in [1.165, 1.54) is 24.8 Å². The topological polar surface area (TPSA) is 32.3 Å². The van der Waals surface area contributed by atoms with Crippen molar-refractivity contribution in [2.24, 2.45) is 11.8 Å². The Balaban J connectivity index is 2.10. The molecule has 0 amide bonds. The number of hydrogen-bond acceptors (Lipinski definition) is 2. The summed E-state index contributed by atoms with van der Waals surface area (Å²) < 4.78 is 0. The van der Waals surface area contributed by atoms with Gasteiger partial charge in [0.25, 0.3) is 0 Å². The minimum absolute atomic E-state index is 0.135. The van der Waals surface area contributed by atoms with Crippen molar-refractivity contribution in [1.29, 1.82) is 0 Å². The molecule has 1 aromatic carbocycles. The van der Waals surface area contributed by atoms with Crippen LogP contribution in [0.2, 0.25) is 0 Å². The number of benzene rings is 1. The van der Waals surface area contributed by atoms with Crippen molar-refractivity contribution in [3.8, 4) is 0 Å². The van der Waals surface area contributed by atoms with E-state index >= 15 is 0 Å². The lowest BCUT2D eigenvalue weighted by Gasteiger charge is -2.39. The zero-order valence-electron chi connectivity index (χ0n) is 12.4. The first kappa shape index (κ1) is 14.5. The standard InChI is InChI=1S/C17H27NO/c1-13-9-14(2)11-16(10-13)18-17(3,12-19)15-7-5-4-6-8-15/h4-8,13-14,16,18-19H,9-12H2,1-3H3. The van der Waals surface area contributed by atoms with Gasteiger partial charge in [0.05, 0.1) is 12.1 Å². The molecule has 19 heavy (non-hydrogen) atoms. The molecule has 3 atom stereocenters. The van der Waals surface area contributed by atoms with E-state index in [4.69, 9.17) is 0 Å². The number of nitrogens with one attached hydrogen (secondary N) is 1. The average molecular weight is 261 g/mol. The van der Waals surface area contributed by atoms with Crippen LogP contribution in [-0.2, 0) is 5.54 Å². The van der Waals surface area contributed by atoms with E-state index in [0.29, 0.717) is 6.04 Å². The van der Waals surface area contributed by atoms with Gasteiger partial charge in [0.2, 0.25) is 0 Å². The molecule has 0 aliphatic heterocycles. The van der Waals surface area contributed by atoms with Crippen LogP contribution in [0.3, 0.4) is 0 Å². The molecule has 0 radical (unpaired) electrons. The third-order valence-electron chi connectivity index (χ3n) is 4.43. The van der Waals surface area contributed by atoms with Crippen LogP contribution < -0.4 is 5.32 Å². The van der Waals surface area contributed by atoms with Crippen LogP contribution in [0.1, 0.15) is 45.6 Å². The smallest absolute Gasteiger partial charge is 0.0652 e. The van der Waals surface area contributed by atoms with Gasteiger partial charge in [-0.2, -0.15) is 0 Å². The Bertz CT molecular complexity index is 382. The fraction of sp³-hybridized carbons (Fsp3) is 0.647. The minimum atomic E-state index is -0.331. The summed E-state index contributed by atoms with van der Waals surface area (Å²) in [7, 11) is 0. The average Bonchev–Trinajstić information content (AvgIpc) is 2.38. The Kier molecular flexibility index (Phi) is 4.64. The van der Waals surface area contributed by atoms with Crippen molar-refractivity contribution in [3.05, 3.63) is 35.9 Å². The fourth-order valence-corrected chi connectivity index (χ4v) is 3.54. The molecule has 1 saturated carbocycles. The normalized spacial score (nSPS) is 30.8. The second-order valence-corrected chi connectivity index (χ2v) is 6.61. The monoisotopic (exact) mass is 261 g/mol. The number of hydrogen-bond donors (Lipinski definition) is 2. The highest BCUT2D eigenvalue weighted by Gasteiger charge is 2.32. The first-order valence-electron chi connectivity index (χ1n) is 7.47. The second-order valence-electron chi connectivity index (χ2n) is 6.61. The number of aliphatic hydroxyl groups is 1. The highest BCUT2D eigenvalue weighted by Crippen LogP contribution is 2.31. The summed E-state index contributed by atoms with van der Waals surface area (Å²) in [6, 6.07) is 10.8. The zero-order chi connectivity index (χ0) is 13.9. The third kappa shape index (κ3) is 3.58. The molecule has 1 aliphatic rings. The van der Waals surface area contributed by atoms with E-state index in [9.17, 15) is 5.11 Å². The SMILES string of the molecule is CC1CC(C)CC(NC(C)(CO)c2ccccc2)C1. The molecule has 3 unspecified atom stereocenters. The van der Waals surface area contributed by atoms with Gasteiger partial charge in [-0.15, -0.1) is 0 Å². The van der Waals surface area contributed by atoms with E-state index in [1.54, 1.807) is 0 Å². The summed E-state index contributed by atoms with van der Waals surface area (Å²) in [5.41, 5.74) is 0.839. The Hall–Kier alpha value is -0.860. The van der Waals surface area contributed by atoms with E-state index in [-0.39, 0.29) is 12.1 Å². The molecule has 2 nitrogen and oxygen atoms in total. The fourth-order valence-electron chi connectivity index (χ4n) is 3.54. The Labute approximate surface area is 117 Å². The summed E-state index contributed by atoms with van der Waals surface area (Å²) in [6.07, 6.45) is 3.76. The summed E-state index contributed by atoms with van der Waals surface area (Å²) in [5, 5.41) is 13.5. The van der Waals surface area contributed by atoms with Crippen LogP contribution in [0.4, 0.5) is 0 Å². The van der Waals surface area contributed by atoms with Gasteiger partial charge < -0.3 is 10.4 Å². The highest BCUT2D eigenvalue weighted by atomic mass is 16.3. The van der Waals surface area contributed by atoms with Crippen LogP contribution in [0.15, 0.2) is 30.3 Å². The predicted octanol–water partition coefficient (Wildman–Crippen LogP) is 3.31. The second kappa shape index (κ2) is 6.06. The van der Waals surface area contributed by atoms with Crippen molar-refractivity contribution in [2.75, 3.05) is 6.61 Å². The Morgan fingerprint density at radius 2 is 1.68 bits per heavy atom. The highest BCUT2D eigenvalue weighted by molar-refractivity contribution is 5.24. The largest absolute Gasteiger partial charge is 0.394 e. The Morgan fingerprint density at radius 3 is 2.21 bits per heavy atom. The predicted molar refractivity (Wildman–Crippen MR) is 80.0 cm³/mol. The zero-order valence-corrected chi connectivity index (χ0v) is 12.4. The van der Waals surface area contributed by atoms with Gasteiger partial charge in [-0.25, -0.2) is 0 Å². The van der Waals surface area contributed by atoms with Crippen LogP contribution in [0.5, 0.6) is 0 Å². The van der Waals surface area contributed by atoms with Gasteiger partial charge in [0.1, 0.15) is 0 Å². The van der Waals surface area contributed by atoms with E-state index in [0.717, 1.165) is 11.8 Å². The molecule has 0 spiro atoms. The van der Waals surface area contributed by atoms with Crippen LogP contribution >= 0.6 is 0 Å². The molecule has 2 heteroatoms. The third-order valence-corrected chi connectivity index (χ3v) is 4.43. The van der Waals surface area contributed by atoms with Gasteiger partial charge in [0, 0.05) is 6.04 Å². The first-order chi connectivity index (χ1) is 9.03. The maximum atomic E-state index is 9.84. The van der Waals surface area contributed by atoms with Crippen LogP contribution in [-0.4, -0.2) is 17.8 Å². The summed E-state index contributed by atoms with van der Waals surface area (Å²) in [4.78, 5) is 0. The van der Waals surface area contributed by atoms with Crippen LogP contribution in [0.25, 0.3) is 0 Å². The van der Waals surface area contributed by atoms with Gasteiger partial charge in [-0.1, -0.05) is 44.2 Å². The molecular weight excluding hydrogens is 234 g/mol. The van der Waals surface area contributed by atoms with Crippen molar-refractivity contribution in [2.45, 2.75) is 51.6 Å². The quantitative estimate of drug-likeness (QED) is 0.871. The molecule has 2 N–H and O–H groups in total. The summed E-state index contributed by atoms with van der Waals surface area (Å²) in [6.45, 7) is 6.91. The molecule has 0 heterocycles. The summed E-state index contributed by atoms with van der Waals surface area (Å²) in [5.74, 6) is 1.56. The van der Waals surface area contributed by atoms with Crippen LogP contribution in [0, 0.1) is 11.8 Å². The van der Waals surface area contributed by atoms with E-state index in [1.807, 2.05) is 18.2 Å². The minimum Gasteiger partial charge on any atom is -0.394 e. The van der Waals surface area contributed by atoms with Crippen molar-refractivity contribution in [1.82, 2.24) is 5.32 Å². The lowest BCUT2D eigenvalue weighted by atomic mass is 9.79. The van der Waals surface area contributed by atoms with E-state index < -0.39 is 0 Å². The molecule has 0 aromatic heterocycles. The molecule has 1 aromatic rings. The van der Waals surface area contributed by atoms with E-state index in [2.05, 4.69) is 38.2 Å². The van der Waals surface area contributed by atoms with Gasteiger partial charge in [-0.05, 0) is 43.6 Å². The molecule has 106 valence electrons. The van der Waals surface area contributed by atoms with Gasteiger partial charge in [0.15, 0.2) is 0 Å². The van der Waals surface area contributed by atoms with Gasteiger partial charge in [-0.3, -0.25) is 0 Å². The Morgan fingerprint density at radius 1 is 1.11 bits per heavy atom. The van der Waals surface area contributed by atoms with Gasteiger partial charge >= 0.3 is 0 Å². The molecule has 1 fully saturated rings. The maximum absolute atomic E-state index is 9.84.